The highest BCUT2D eigenvalue weighted by Gasteiger charge is 2.23. The predicted molar refractivity (Wildman–Crippen MR) is 178 cm³/mol. The molecule has 0 heterocycles. The first-order valence-corrected chi connectivity index (χ1v) is 16.5. The molecule has 0 aromatic heterocycles. The maximum absolute atomic E-state index is 13.1. The van der Waals surface area contributed by atoms with Crippen molar-refractivity contribution in [3.63, 3.8) is 0 Å². The van der Waals surface area contributed by atoms with E-state index in [1.807, 2.05) is 12.1 Å². The smallest absolute Gasteiger partial charge is 0.295 e. The molecule has 7 nitrogen and oxygen atoms in total. The summed E-state index contributed by atoms with van der Waals surface area (Å²) >= 11 is 0. The predicted octanol–water partition coefficient (Wildman–Crippen LogP) is 8.73. The molecule has 236 valence electrons. The van der Waals surface area contributed by atoms with Gasteiger partial charge in [-0.15, -0.1) is 0 Å². The van der Waals surface area contributed by atoms with Gasteiger partial charge in [0.1, 0.15) is 10.6 Å². The first-order chi connectivity index (χ1) is 20.6. The Labute approximate surface area is 261 Å². The summed E-state index contributed by atoms with van der Waals surface area (Å²) in [6.07, 6.45) is 9.59. The minimum Gasteiger partial charge on any atom is -0.507 e. The molecular weight excluding hydrogens is 574 g/mol. The fourth-order valence-corrected chi connectivity index (χ4v) is 5.88. The van der Waals surface area contributed by atoms with Gasteiger partial charge in [-0.1, -0.05) is 107 Å². The number of aryl methyl sites for hydroxylation is 1. The molecule has 0 saturated heterocycles. The van der Waals surface area contributed by atoms with E-state index in [4.69, 9.17) is 4.55 Å². The molecule has 4 aromatic rings. The highest BCUT2D eigenvalue weighted by molar-refractivity contribution is 7.86. The average Bonchev–Trinajstić information content (AvgIpc) is 3.01. The van der Waals surface area contributed by atoms with Crippen LogP contribution in [0.25, 0.3) is 10.8 Å². The van der Waals surface area contributed by atoms with Gasteiger partial charge in [-0.25, -0.2) is 0 Å². The van der Waals surface area contributed by atoms with E-state index in [1.165, 1.54) is 29.3 Å². The summed E-state index contributed by atoms with van der Waals surface area (Å²) in [6.45, 7) is 6.58. The first-order valence-electron chi connectivity index (χ1n) is 15.1. The Bertz CT molecular complexity index is 1650. The number of carbonyl (C=O) groups is 2. The number of aromatic hydroxyl groups is 1. The molecule has 0 spiro atoms. The van der Waals surface area contributed by atoms with Gasteiger partial charge in [0.25, 0.3) is 10.1 Å². The number of fused-ring (bicyclic) bond motifs is 1. The zero-order chi connectivity index (χ0) is 31.4. The van der Waals surface area contributed by atoms with E-state index >= 15 is 0 Å². The zero-order valence-electron chi connectivity index (χ0n) is 26.0. The largest absolute Gasteiger partial charge is 0.507 e. The Morgan fingerprint density at radius 3 is 1.77 bits per heavy atom. The summed E-state index contributed by atoms with van der Waals surface area (Å²) < 4.78 is 31.0. The monoisotopic (exact) mass is 619 g/mol. The van der Waals surface area contributed by atoms with Crippen molar-refractivity contribution in [1.29, 1.82) is 0 Å². The van der Waals surface area contributed by atoms with Gasteiger partial charge in [0.05, 0.1) is 0 Å². The van der Waals surface area contributed by atoms with Crippen molar-refractivity contribution in [2.24, 2.45) is 0 Å². The van der Waals surface area contributed by atoms with Gasteiger partial charge < -0.3 is 11.3 Å². The Hall–Kier alpha value is -3.85. The summed E-state index contributed by atoms with van der Waals surface area (Å²) in [6, 6.07) is 21.8. The van der Waals surface area contributed by atoms with Crippen LogP contribution in [-0.2, 0) is 29.4 Å². The van der Waals surface area contributed by atoms with Gasteiger partial charge in [0, 0.05) is 21.9 Å². The topological polar surface area (TPSA) is 144 Å². The van der Waals surface area contributed by atoms with E-state index in [1.54, 1.807) is 42.5 Å². The molecule has 5 N–H and O–H groups in total. The molecule has 0 saturated carbocycles. The maximum Gasteiger partial charge on any atom is 0.295 e. The van der Waals surface area contributed by atoms with Crippen LogP contribution in [0.15, 0.2) is 83.8 Å². The number of hydrogen-bond donors (Lipinski definition) is 3. The third kappa shape index (κ3) is 9.32. The number of rotatable bonds is 13. The number of carbonyl (C=O) groups excluding carboxylic acids is 2. The Morgan fingerprint density at radius 2 is 1.18 bits per heavy atom. The molecule has 44 heavy (non-hydrogen) atoms. The van der Waals surface area contributed by atoms with Gasteiger partial charge in [-0.2, -0.15) is 8.42 Å². The molecule has 0 unspecified atom stereocenters. The molecule has 0 amide bonds. The highest BCUT2D eigenvalue weighted by Crippen LogP contribution is 2.30. The van der Waals surface area contributed by atoms with Crippen LogP contribution < -0.4 is 6.15 Å². The van der Waals surface area contributed by atoms with Crippen molar-refractivity contribution in [3.05, 3.63) is 107 Å². The molecule has 4 rings (SSSR count). The van der Waals surface area contributed by atoms with Crippen LogP contribution in [-0.4, -0.2) is 29.6 Å². The zero-order valence-corrected chi connectivity index (χ0v) is 26.8. The maximum atomic E-state index is 13.1. The quantitative estimate of drug-likeness (QED) is 0.0771. The lowest BCUT2D eigenvalue weighted by molar-refractivity contribution is 0.0816. The fraction of sp³-hybridized carbons (Fsp3) is 0.333. The van der Waals surface area contributed by atoms with Crippen LogP contribution in [0, 0.1) is 0 Å². The number of phenols is 1. The van der Waals surface area contributed by atoms with Crippen LogP contribution in [0.1, 0.15) is 96.7 Å². The van der Waals surface area contributed by atoms with Crippen LogP contribution in [0.2, 0.25) is 0 Å². The Morgan fingerprint density at radius 1 is 0.636 bits per heavy atom. The van der Waals surface area contributed by atoms with Gasteiger partial charge in [-0.05, 0) is 67.3 Å². The third-order valence-corrected chi connectivity index (χ3v) is 8.43. The van der Waals surface area contributed by atoms with Crippen LogP contribution >= 0.6 is 0 Å². The first kappa shape index (κ1) is 36.3. The molecule has 0 aliphatic rings. The highest BCUT2D eigenvalue weighted by atomic mass is 32.2. The van der Waals surface area contributed by atoms with E-state index in [0.717, 1.165) is 63.4 Å². The van der Waals surface area contributed by atoms with E-state index in [9.17, 15) is 23.1 Å². The van der Waals surface area contributed by atoms with Crippen molar-refractivity contribution < 1.29 is 27.7 Å². The molecule has 0 bridgehead atoms. The van der Waals surface area contributed by atoms with Crippen LogP contribution in [0.4, 0.5) is 0 Å². The average molecular weight is 620 g/mol. The minimum atomic E-state index is -4.26. The van der Waals surface area contributed by atoms with E-state index in [-0.39, 0.29) is 22.6 Å². The Balaban J connectivity index is 0.000000355. The summed E-state index contributed by atoms with van der Waals surface area (Å²) in [4.78, 5) is 25.7. The van der Waals surface area contributed by atoms with Crippen molar-refractivity contribution in [3.8, 4) is 5.75 Å². The fourth-order valence-electron chi connectivity index (χ4n) is 5.18. The van der Waals surface area contributed by atoms with Crippen molar-refractivity contribution in [2.45, 2.75) is 83.5 Å². The van der Waals surface area contributed by atoms with Gasteiger partial charge >= 0.3 is 0 Å². The summed E-state index contributed by atoms with van der Waals surface area (Å²) in [5, 5.41) is 10.2. The van der Waals surface area contributed by atoms with Crippen LogP contribution in [0.3, 0.4) is 0 Å². The molecule has 0 atom stereocenters. The second kappa shape index (κ2) is 17.4. The molecule has 0 aliphatic heterocycles. The van der Waals surface area contributed by atoms with E-state index in [2.05, 4.69) is 26.8 Å². The summed E-state index contributed by atoms with van der Waals surface area (Å²) in [5.41, 5.74) is 4.91. The lowest BCUT2D eigenvalue weighted by Crippen LogP contribution is -2.18. The van der Waals surface area contributed by atoms with Crippen molar-refractivity contribution >= 4 is 32.5 Å². The number of ketones is 2. The molecule has 0 aliphatic carbocycles. The van der Waals surface area contributed by atoms with Gasteiger partial charge in [0.15, 0.2) is 0 Å². The summed E-state index contributed by atoms with van der Waals surface area (Å²) in [7, 11) is -4.26. The molecule has 4 aromatic carbocycles. The second-order valence-corrected chi connectivity index (χ2v) is 12.1. The number of unbranched alkanes of at least 4 members (excludes halogenated alkanes) is 3. The number of benzene rings is 4. The van der Waals surface area contributed by atoms with E-state index < -0.39 is 15.9 Å². The second-order valence-electron chi connectivity index (χ2n) is 10.7. The van der Waals surface area contributed by atoms with Gasteiger partial charge in [-0.3, -0.25) is 14.1 Å². The molecule has 0 radical (unpaired) electrons. The lowest BCUT2D eigenvalue weighted by Gasteiger charge is -2.18. The lowest BCUT2D eigenvalue weighted by atomic mass is 9.85. The van der Waals surface area contributed by atoms with Crippen molar-refractivity contribution in [1.82, 2.24) is 6.15 Å². The number of Topliss-reactive ketones (excluding diaryl/α,β-unsaturated/α-hetero) is 2. The summed E-state index contributed by atoms with van der Waals surface area (Å²) in [5.74, 6) is -0.781. The van der Waals surface area contributed by atoms with Crippen molar-refractivity contribution in [2.75, 3.05) is 0 Å². The molecule has 8 heteroatoms. The third-order valence-electron chi connectivity index (χ3n) is 7.51. The molecule has 0 fully saturated rings. The number of hydrogen-bond acceptors (Lipinski definition) is 6. The minimum absolute atomic E-state index is 0. The van der Waals surface area contributed by atoms with Crippen LogP contribution in [0.5, 0.6) is 5.75 Å². The normalized spacial score (nSPS) is 10.9. The molecular formula is C36H45NO6S. The van der Waals surface area contributed by atoms with E-state index in [0.29, 0.717) is 21.9 Å². The Kier molecular flexibility index (Phi) is 14.4. The van der Waals surface area contributed by atoms with Gasteiger partial charge in [0.2, 0.25) is 11.6 Å². The standard InChI is InChI=1S/C26H34O2.C10H8O4S.H3N/c1-4-7-13-20-18-19-24(23(17-9-6-3)22(20)16-8-5-2)26(28)25(27)21-14-11-10-12-15-21;11-9-5-6-10(15(12,13)14)8-4-2-1-3-7(8)9;/h10-12,14-15,18-19H,4-9,13,16-17H2,1-3H3;1-6,11H,(H,12,13,14);1H3. The SMILES string of the molecule is CCCCc1ccc(C(=O)C(=O)c2ccccc2)c(CCCC)c1CCCC.N.O=S(=O)(O)c1ccc(O)c2ccccc12. The number of phenolic OH excluding ortho intramolecular Hbond substituents is 1.